The van der Waals surface area contributed by atoms with Crippen LogP contribution in [0.5, 0.6) is 0 Å². The van der Waals surface area contributed by atoms with E-state index in [-0.39, 0.29) is 12.5 Å². The lowest BCUT2D eigenvalue weighted by Crippen LogP contribution is -2.63. The number of imide groups is 1. The van der Waals surface area contributed by atoms with E-state index < -0.39 is 40.3 Å². The highest BCUT2D eigenvalue weighted by atomic mass is 16.2. The third kappa shape index (κ3) is 11.1. The molecule has 11 heteroatoms. The van der Waals surface area contributed by atoms with Gasteiger partial charge >= 0.3 is 12.1 Å². The first-order chi connectivity index (χ1) is 16.4. The average Bonchev–Trinajstić information content (AvgIpc) is 2.65. The summed E-state index contributed by atoms with van der Waals surface area (Å²) in [4.78, 5) is 71.8. The Morgan fingerprint density at radius 2 is 1.36 bits per heavy atom. The maximum absolute atomic E-state index is 13.6. The Balaban J connectivity index is 6.20. The highest BCUT2D eigenvalue weighted by Crippen LogP contribution is 2.30. The van der Waals surface area contributed by atoms with E-state index in [4.69, 9.17) is 0 Å². The van der Waals surface area contributed by atoms with Gasteiger partial charge in [-0.05, 0) is 88.0 Å². The van der Waals surface area contributed by atoms with Gasteiger partial charge in [-0.1, -0.05) is 6.92 Å². The van der Waals surface area contributed by atoms with Crippen molar-refractivity contribution in [1.29, 1.82) is 0 Å². The smallest absolute Gasteiger partial charge is 0.326 e. The molecule has 0 spiro atoms. The molecule has 36 heavy (non-hydrogen) atoms. The molecule has 0 saturated heterocycles. The zero-order valence-corrected chi connectivity index (χ0v) is 23.3. The van der Waals surface area contributed by atoms with Crippen molar-refractivity contribution in [2.45, 2.75) is 129 Å². The van der Waals surface area contributed by atoms with Crippen molar-refractivity contribution in [3.05, 3.63) is 0 Å². The van der Waals surface area contributed by atoms with Crippen molar-refractivity contribution in [1.82, 2.24) is 15.5 Å². The molecule has 0 heterocycles. The van der Waals surface area contributed by atoms with Gasteiger partial charge in [0, 0.05) is 11.6 Å². The summed E-state index contributed by atoms with van der Waals surface area (Å²) in [5, 5.41) is 5.76. The van der Waals surface area contributed by atoms with Crippen LogP contribution >= 0.6 is 0 Å². The van der Waals surface area contributed by atoms with Crippen LogP contribution in [-0.2, 0) is 14.4 Å². The molecule has 0 bridgehead atoms. The van der Waals surface area contributed by atoms with Crippen molar-refractivity contribution in [3.8, 4) is 0 Å². The number of isocyanates is 3. The van der Waals surface area contributed by atoms with Gasteiger partial charge in [-0.25, -0.2) is 33.9 Å². The van der Waals surface area contributed by atoms with E-state index in [1.807, 2.05) is 13.8 Å². The predicted octanol–water partition coefficient (Wildman–Crippen LogP) is 4.17. The van der Waals surface area contributed by atoms with E-state index in [2.05, 4.69) is 25.6 Å². The molecule has 0 aromatic heterocycles. The van der Waals surface area contributed by atoms with E-state index >= 15 is 0 Å². The second-order valence-corrected chi connectivity index (χ2v) is 11.5. The minimum absolute atomic E-state index is 0.181. The fourth-order valence-electron chi connectivity index (χ4n) is 4.57. The zero-order valence-electron chi connectivity index (χ0n) is 23.3. The van der Waals surface area contributed by atoms with Crippen LogP contribution in [0.25, 0.3) is 0 Å². The molecule has 3 unspecified atom stereocenters. The maximum Gasteiger partial charge on any atom is 0.326 e. The Labute approximate surface area is 214 Å². The van der Waals surface area contributed by atoms with E-state index in [0.717, 1.165) is 4.90 Å². The van der Waals surface area contributed by atoms with Crippen molar-refractivity contribution in [2.24, 2.45) is 15.0 Å². The second kappa shape index (κ2) is 13.3. The lowest BCUT2D eigenvalue weighted by molar-refractivity contribution is 0.117. The molecule has 0 aliphatic carbocycles. The fraction of sp³-hybridized carbons (Fsp3) is 0.800. The van der Waals surface area contributed by atoms with Crippen LogP contribution in [0.2, 0.25) is 0 Å². The number of aliphatic imine (C=N–C) groups is 3. The van der Waals surface area contributed by atoms with Crippen LogP contribution in [-0.4, -0.2) is 69.4 Å². The van der Waals surface area contributed by atoms with Gasteiger partial charge in [0.25, 0.3) is 0 Å². The normalized spacial score (nSPS) is 15.1. The molecular weight excluding hydrogens is 464 g/mol. The number of hydrogen-bond donors (Lipinski definition) is 2. The number of rotatable bonds is 13. The minimum Gasteiger partial charge on any atom is -0.335 e. The average molecular weight is 507 g/mol. The highest BCUT2D eigenvalue weighted by molar-refractivity contribution is 5.95. The summed E-state index contributed by atoms with van der Waals surface area (Å²) in [6.07, 6.45) is 6.01. The Morgan fingerprint density at radius 1 is 0.833 bits per heavy atom. The molecule has 3 atom stereocenters. The van der Waals surface area contributed by atoms with E-state index in [9.17, 15) is 24.0 Å². The molecule has 0 aliphatic heterocycles. The fourth-order valence-corrected chi connectivity index (χ4v) is 4.57. The van der Waals surface area contributed by atoms with Gasteiger partial charge in [-0.3, -0.25) is 0 Å². The van der Waals surface area contributed by atoms with Crippen LogP contribution in [0.3, 0.4) is 0 Å². The summed E-state index contributed by atoms with van der Waals surface area (Å²) >= 11 is 0. The van der Waals surface area contributed by atoms with E-state index in [1.54, 1.807) is 67.5 Å². The largest absolute Gasteiger partial charge is 0.335 e. The SMILES string of the molecule is CCC(C)(CC(C)N=C=O)NC(=O)N(C(=O)NC(C)CC(C)(C)N=C=O)C(C)(C)CC(C)(C)N=C=O. The first-order valence-corrected chi connectivity index (χ1v) is 12.1. The predicted molar refractivity (Wildman–Crippen MR) is 137 cm³/mol. The van der Waals surface area contributed by atoms with Crippen LogP contribution in [0.1, 0.15) is 94.9 Å². The summed E-state index contributed by atoms with van der Waals surface area (Å²) in [7, 11) is 0. The van der Waals surface area contributed by atoms with Crippen LogP contribution in [0, 0.1) is 0 Å². The molecule has 202 valence electrons. The van der Waals surface area contributed by atoms with Crippen molar-refractivity contribution in [2.75, 3.05) is 0 Å². The number of carbonyl (C=O) groups excluding carboxylic acids is 5. The quantitative estimate of drug-likeness (QED) is 0.284. The Hall–Kier alpha value is -3.12. The number of amides is 4. The summed E-state index contributed by atoms with van der Waals surface area (Å²) in [6.45, 7) is 17.5. The van der Waals surface area contributed by atoms with Gasteiger partial charge in [0.2, 0.25) is 18.2 Å². The third-order valence-electron chi connectivity index (χ3n) is 5.96. The Bertz CT molecular complexity index is 927. The van der Waals surface area contributed by atoms with Gasteiger partial charge in [0.05, 0.1) is 22.7 Å². The lowest BCUT2D eigenvalue weighted by Gasteiger charge is -2.42. The van der Waals surface area contributed by atoms with Gasteiger partial charge in [0.1, 0.15) is 0 Å². The number of hydrogen-bond acceptors (Lipinski definition) is 8. The minimum atomic E-state index is -1.07. The van der Waals surface area contributed by atoms with Gasteiger partial charge in [-0.2, -0.15) is 9.98 Å². The summed E-state index contributed by atoms with van der Waals surface area (Å²) in [5.74, 6) is 0. The van der Waals surface area contributed by atoms with E-state index in [1.165, 1.54) is 6.08 Å². The lowest BCUT2D eigenvalue weighted by atomic mass is 9.86. The third-order valence-corrected chi connectivity index (χ3v) is 5.96. The monoisotopic (exact) mass is 506 g/mol. The van der Waals surface area contributed by atoms with Crippen LogP contribution in [0.4, 0.5) is 9.59 Å². The Morgan fingerprint density at radius 3 is 1.83 bits per heavy atom. The number of carbonyl (C=O) groups is 2. The molecule has 0 fully saturated rings. The van der Waals surface area contributed by atoms with Crippen LogP contribution < -0.4 is 10.6 Å². The number of urea groups is 2. The van der Waals surface area contributed by atoms with Crippen molar-refractivity contribution in [3.63, 3.8) is 0 Å². The maximum atomic E-state index is 13.6. The van der Waals surface area contributed by atoms with E-state index in [0.29, 0.717) is 19.3 Å². The molecule has 2 N–H and O–H groups in total. The summed E-state index contributed by atoms with van der Waals surface area (Å²) < 4.78 is 0. The van der Waals surface area contributed by atoms with Crippen molar-refractivity contribution < 1.29 is 24.0 Å². The topological polar surface area (TPSA) is 150 Å². The van der Waals surface area contributed by atoms with Gasteiger partial charge in [0.15, 0.2) is 0 Å². The first-order valence-electron chi connectivity index (χ1n) is 12.1. The molecule has 4 amide bonds. The molecule has 11 nitrogen and oxygen atoms in total. The molecule has 0 aliphatic rings. The molecule has 0 aromatic rings. The molecule has 0 aromatic carbocycles. The number of nitrogens with zero attached hydrogens (tertiary/aromatic N) is 4. The summed E-state index contributed by atoms with van der Waals surface area (Å²) in [5.41, 5.74) is -3.49. The van der Waals surface area contributed by atoms with Crippen LogP contribution in [0.15, 0.2) is 15.0 Å². The molecular formula is C25H42N6O5. The summed E-state index contributed by atoms with van der Waals surface area (Å²) in [6, 6.07) is -2.12. The molecule has 0 radical (unpaired) electrons. The van der Waals surface area contributed by atoms with Gasteiger partial charge < -0.3 is 10.6 Å². The standard InChI is InChI=1S/C25H42N6O5/c1-11-25(10,13-18(2)26-15-32)30-21(36)31(24(8,9)14-23(6,7)28-17-34)20(35)29-19(3)12-22(4,5)27-16-33/h18-19H,11-14H2,1-10H3,(H,29,35)(H,30,36). The first kappa shape index (κ1) is 32.9. The molecule has 0 rings (SSSR count). The Kier molecular flexibility index (Phi) is 12.1. The van der Waals surface area contributed by atoms with Crippen molar-refractivity contribution >= 4 is 30.3 Å². The highest BCUT2D eigenvalue weighted by Gasteiger charge is 2.42. The molecule has 0 saturated carbocycles. The number of nitrogens with one attached hydrogen (secondary N) is 2. The zero-order chi connectivity index (χ0) is 28.4. The second-order valence-electron chi connectivity index (χ2n) is 11.5. The van der Waals surface area contributed by atoms with Gasteiger partial charge in [-0.15, -0.1) is 0 Å².